The summed E-state index contributed by atoms with van der Waals surface area (Å²) in [6.45, 7) is 5.39. The number of phenolic OH excluding ortho intramolecular Hbond substituents is 1. The molecule has 1 fully saturated rings. The molecule has 0 radical (unpaired) electrons. The highest BCUT2D eigenvalue weighted by atomic mass is 19.1. The van der Waals surface area contributed by atoms with Crippen LogP contribution in [0.1, 0.15) is 37.8 Å². The molecule has 1 heterocycles. The van der Waals surface area contributed by atoms with Crippen LogP contribution in [0.3, 0.4) is 0 Å². The Bertz CT molecular complexity index is 1090. The minimum atomic E-state index is -1.16. The number of ether oxygens (including phenoxy) is 1. The van der Waals surface area contributed by atoms with Gasteiger partial charge in [0.05, 0.1) is 0 Å². The number of rotatable bonds is 9. The first kappa shape index (κ1) is 23.8. The molecule has 0 amide bonds. The average molecular weight is 464 g/mol. The van der Waals surface area contributed by atoms with Crippen LogP contribution in [-0.2, 0) is 10.2 Å². The largest absolute Gasteiger partial charge is 0.505 e. The number of hydrogen-bond donors (Lipinski definition) is 2. The highest BCUT2D eigenvalue weighted by Crippen LogP contribution is 2.41. The summed E-state index contributed by atoms with van der Waals surface area (Å²) in [4.78, 5) is 15.0. The lowest BCUT2D eigenvalue weighted by Gasteiger charge is -2.49. The molecule has 3 aromatic rings. The first-order valence-electron chi connectivity index (χ1n) is 11.5. The molecule has 178 valence electrons. The molecular weight excluding hydrogens is 433 g/mol. The van der Waals surface area contributed by atoms with E-state index in [9.17, 15) is 19.4 Å². The van der Waals surface area contributed by atoms with Gasteiger partial charge in [0.2, 0.25) is 5.82 Å². The van der Waals surface area contributed by atoms with Crippen LogP contribution >= 0.6 is 0 Å². The van der Waals surface area contributed by atoms with Crippen molar-refractivity contribution in [3.05, 3.63) is 95.8 Å². The zero-order valence-electron chi connectivity index (χ0n) is 19.4. The Hall–Kier alpha value is -3.38. The van der Waals surface area contributed by atoms with E-state index >= 15 is 0 Å². The molecule has 0 aliphatic carbocycles. The van der Waals surface area contributed by atoms with E-state index in [2.05, 4.69) is 18.7 Å². The second-order valence-electron chi connectivity index (χ2n) is 9.49. The lowest BCUT2D eigenvalue weighted by Crippen LogP contribution is -2.62. The van der Waals surface area contributed by atoms with Gasteiger partial charge < -0.3 is 14.9 Å². The molecular formula is C28H30FNO4. The van der Waals surface area contributed by atoms with Gasteiger partial charge in [-0.05, 0) is 49.9 Å². The number of aliphatic carboxylic acids is 1. The van der Waals surface area contributed by atoms with E-state index in [1.54, 1.807) is 6.07 Å². The van der Waals surface area contributed by atoms with Gasteiger partial charge in [-0.25, -0.2) is 0 Å². The van der Waals surface area contributed by atoms with Crippen LogP contribution in [0.25, 0.3) is 0 Å². The number of nitrogens with zero attached hydrogens (tertiary/aromatic N) is 1. The predicted octanol–water partition coefficient (Wildman–Crippen LogP) is 5.22. The van der Waals surface area contributed by atoms with Crippen LogP contribution in [0.2, 0.25) is 0 Å². The summed E-state index contributed by atoms with van der Waals surface area (Å²) >= 11 is 0. The van der Waals surface area contributed by atoms with Gasteiger partial charge in [-0.3, -0.25) is 9.69 Å². The molecule has 5 nitrogen and oxygen atoms in total. The monoisotopic (exact) mass is 463 g/mol. The van der Waals surface area contributed by atoms with Crippen molar-refractivity contribution in [1.82, 2.24) is 4.90 Å². The first-order chi connectivity index (χ1) is 16.2. The molecule has 0 aromatic heterocycles. The summed E-state index contributed by atoms with van der Waals surface area (Å²) in [7, 11) is 0. The molecule has 0 saturated carbocycles. The van der Waals surface area contributed by atoms with E-state index in [0.29, 0.717) is 25.9 Å². The number of hydrogen-bond acceptors (Lipinski definition) is 4. The van der Waals surface area contributed by atoms with E-state index in [0.717, 1.165) is 11.1 Å². The predicted molar refractivity (Wildman–Crippen MR) is 129 cm³/mol. The number of carboxylic acids is 1. The molecule has 34 heavy (non-hydrogen) atoms. The summed E-state index contributed by atoms with van der Waals surface area (Å²) in [5.74, 6) is -2.01. The number of aromatic hydroxyl groups is 1. The van der Waals surface area contributed by atoms with Crippen molar-refractivity contribution in [2.75, 3.05) is 13.1 Å². The highest BCUT2D eigenvalue weighted by Gasteiger charge is 2.45. The van der Waals surface area contributed by atoms with Crippen molar-refractivity contribution in [3.8, 4) is 11.5 Å². The van der Waals surface area contributed by atoms with E-state index in [1.165, 1.54) is 12.1 Å². The van der Waals surface area contributed by atoms with Gasteiger partial charge in [0.25, 0.3) is 0 Å². The third-order valence-corrected chi connectivity index (χ3v) is 6.95. The van der Waals surface area contributed by atoms with E-state index in [-0.39, 0.29) is 17.4 Å². The minimum Gasteiger partial charge on any atom is -0.505 e. The number of likely N-dealkylation sites (tertiary alicyclic amines) is 1. The van der Waals surface area contributed by atoms with E-state index < -0.39 is 23.0 Å². The van der Waals surface area contributed by atoms with E-state index in [4.69, 9.17) is 4.74 Å². The molecule has 1 aliphatic rings. The van der Waals surface area contributed by atoms with Crippen LogP contribution in [-0.4, -0.2) is 45.8 Å². The quantitative estimate of drug-likeness (QED) is 0.455. The van der Waals surface area contributed by atoms with Gasteiger partial charge in [-0.2, -0.15) is 4.39 Å². The molecule has 0 atom stereocenters. The minimum absolute atomic E-state index is 0.0421. The van der Waals surface area contributed by atoms with Gasteiger partial charge >= 0.3 is 5.97 Å². The molecule has 3 aromatic carbocycles. The van der Waals surface area contributed by atoms with Gasteiger partial charge in [-0.1, -0.05) is 66.7 Å². The first-order valence-corrected chi connectivity index (χ1v) is 11.5. The van der Waals surface area contributed by atoms with Crippen LogP contribution in [0.5, 0.6) is 11.5 Å². The van der Waals surface area contributed by atoms with Crippen molar-refractivity contribution < 1.29 is 24.1 Å². The van der Waals surface area contributed by atoms with Gasteiger partial charge in [-0.15, -0.1) is 0 Å². The molecule has 1 saturated heterocycles. The second-order valence-corrected chi connectivity index (χ2v) is 9.49. The van der Waals surface area contributed by atoms with Crippen LogP contribution in [0.15, 0.2) is 78.9 Å². The summed E-state index contributed by atoms with van der Waals surface area (Å²) in [6.07, 6.45) is 0.867. The van der Waals surface area contributed by atoms with Crippen LogP contribution < -0.4 is 4.74 Å². The Kier molecular flexibility index (Phi) is 6.62. The third-order valence-electron chi connectivity index (χ3n) is 6.95. The van der Waals surface area contributed by atoms with Gasteiger partial charge in [0.1, 0.15) is 11.5 Å². The molecule has 0 unspecified atom stereocenters. The smallest absolute Gasteiger partial charge is 0.318 e. The normalized spacial score (nSPS) is 15.0. The Morgan fingerprint density at radius 1 is 0.941 bits per heavy atom. The van der Waals surface area contributed by atoms with Gasteiger partial charge in [0.15, 0.2) is 11.5 Å². The zero-order valence-corrected chi connectivity index (χ0v) is 19.4. The van der Waals surface area contributed by atoms with Crippen molar-refractivity contribution in [2.24, 2.45) is 0 Å². The number of phenols is 1. The fraction of sp³-hybridized carbons (Fsp3) is 0.321. The molecule has 0 bridgehead atoms. The van der Waals surface area contributed by atoms with Crippen LogP contribution in [0.4, 0.5) is 4.39 Å². The summed E-state index contributed by atoms with van der Waals surface area (Å²) in [5, 5.41) is 20.1. The lowest BCUT2D eigenvalue weighted by atomic mass is 9.69. The summed E-state index contributed by atoms with van der Waals surface area (Å²) in [6, 6.07) is 23.1. The molecule has 0 spiro atoms. The second kappa shape index (κ2) is 9.47. The average Bonchev–Trinajstić information content (AvgIpc) is 2.80. The number of carbonyl (C=O) groups is 1. The maximum absolute atomic E-state index is 14.1. The zero-order chi connectivity index (χ0) is 24.3. The standard InChI is InChI=1S/C28H30FNO4/c1-27(2,30-18-22(19-30)34-24-15-9-14-23(31)25(24)29)16-17-28(26(32)33,20-10-5-3-6-11-20)21-12-7-4-8-13-21/h3-15,22,31H,16-19H2,1-2H3,(H,32,33). The van der Waals surface area contributed by atoms with E-state index in [1.807, 2.05) is 60.7 Å². The highest BCUT2D eigenvalue weighted by molar-refractivity contribution is 5.86. The Morgan fingerprint density at radius 2 is 1.50 bits per heavy atom. The van der Waals surface area contributed by atoms with Crippen molar-refractivity contribution in [3.63, 3.8) is 0 Å². The number of carboxylic acid groups (broad SMARTS) is 1. The maximum atomic E-state index is 14.1. The molecule has 4 rings (SSSR count). The molecule has 2 N–H and O–H groups in total. The summed E-state index contributed by atoms with van der Waals surface area (Å²) < 4.78 is 19.8. The van der Waals surface area contributed by atoms with Crippen molar-refractivity contribution in [1.29, 1.82) is 0 Å². The Labute approximate surface area is 199 Å². The lowest BCUT2D eigenvalue weighted by molar-refractivity contribution is -0.143. The fourth-order valence-electron chi connectivity index (χ4n) is 4.68. The molecule has 1 aliphatic heterocycles. The van der Waals surface area contributed by atoms with Crippen molar-refractivity contribution in [2.45, 2.75) is 43.7 Å². The summed E-state index contributed by atoms with van der Waals surface area (Å²) in [5.41, 5.74) is 0.0644. The fourth-order valence-corrected chi connectivity index (χ4v) is 4.68. The Morgan fingerprint density at radius 3 is 2.03 bits per heavy atom. The Balaban J connectivity index is 1.49. The van der Waals surface area contributed by atoms with Crippen LogP contribution in [0, 0.1) is 5.82 Å². The SMILES string of the molecule is CC(C)(CCC(C(=O)O)(c1ccccc1)c1ccccc1)N1CC(Oc2cccc(O)c2F)C1. The molecule has 6 heteroatoms. The van der Waals surface area contributed by atoms with Crippen molar-refractivity contribution >= 4 is 5.97 Å². The third kappa shape index (κ3) is 4.50. The number of halogens is 1. The van der Waals surface area contributed by atoms with Gasteiger partial charge in [0, 0.05) is 18.6 Å². The number of benzene rings is 3. The maximum Gasteiger partial charge on any atom is 0.318 e. The topological polar surface area (TPSA) is 70.0 Å².